The van der Waals surface area contributed by atoms with Crippen LogP contribution >= 0.6 is 0 Å². The van der Waals surface area contributed by atoms with Crippen molar-refractivity contribution in [2.45, 2.75) is 46.3 Å². The summed E-state index contributed by atoms with van der Waals surface area (Å²) in [4.78, 5) is 25.2. The summed E-state index contributed by atoms with van der Waals surface area (Å²) in [7, 11) is 0. The largest absolute Gasteiger partial charge is 0.463 e. The Morgan fingerprint density at radius 2 is 1.83 bits per heavy atom. The van der Waals surface area contributed by atoms with Crippen LogP contribution in [0, 0.1) is 13.8 Å². The number of aryl methyl sites for hydroxylation is 2. The highest BCUT2D eigenvalue weighted by Crippen LogP contribution is 2.21. The number of ether oxygens (including phenoxy) is 1. The number of hydrogen-bond donors (Lipinski definition) is 1. The molecule has 1 atom stereocenters. The molecule has 0 saturated heterocycles. The van der Waals surface area contributed by atoms with Crippen LogP contribution in [-0.4, -0.2) is 38.2 Å². The van der Waals surface area contributed by atoms with Crippen LogP contribution in [0.1, 0.15) is 53.4 Å². The Kier molecular flexibility index (Phi) is 6.56. The van der Waals surface area contributed by atoms with Gasteiger partial charge in [0.05, 0.1) is 24.3 Å². The number of aromatic nitrogens is 4. The van der Waals surface area contributed by atoms with E-state index in [1.54, 1.807) is 32.0 Å². The van der Waals surface area contributed by atoms with Crippen LogP contribution in [0.5, 0.6) is 0 Å². The summed E-state index contributed by atoms with van der Waals surface area (Å²) >= 11 is 0. The van der Waals surface area contributed by atoms with E-state index in [4.69, 9.17) is 4.74 Å². The van der Waals surface area contributed by atoms with Gasteiger partial charge in [-0.15, -0.1) is 5.10 Å². The Bertz CT molecular complexity index is 1010. The van der Waals surface area contributed by atoms with Gasteiger partial charge >= 0.3 is 5.97 Å². The zero-order valence-corrected chi connectivity index (χ0v) is 17.5. The molecular weight excluding hydrogens is 382 g/mol. The van der Waals surface area contributed by atoms with E-state index in [9.17, 15) is 9.59 Å². The van der Waals surface area contributed by atoms with Crippen molar-refractivity contribution in [1.82, 2.24) is 25.5 Å². The minimum Gasteiger partial charge on any atom is -0.463 e. The molecule has 1 heterocycles. The van der Waals surface area contributed by atoms with Crippen molar-refractivity contribution in [3.8, 4) is 5.69 Å². The standard InChI is InChI=1S/C22H25N5O3/c1-14(2)30-21(28)12-19(17-7-5-15(3)6-8-17)24-22(29)18-9-10-20(16(4)11-18)27-13-23-25-26-27/h5-11,13-14,19H,12H2,1-4H3,(H,24,29). The lowest BCUT2D eigenvalue weighted by molar-refractivity contribution is -0.147. The predicted molar refractivity (Wildman–Crippen MR) is 111 cm³/mol. The van der Waals surface area contributed by atoms with Gasteiger partial charge < -0.3 is 10.1 Å². The maximum Gasteiger partial charge on any atom is 0.308 e. The molecule has 0 spiro atoms. The molecule has 1 aromatic heterocycles. The van der Waals surface area contributed by atoms with Crippen LogP contribution < -0.4 is 5.32 Å². The van der Waals surface area contributed by atoms with Gasteiger partial charge in [-0.2, -0.15) is 0 Å². The number of amides is 1. The third kappa shape index (κ3) is 5.28. The molecule has 1 amide bonds. The number of tetrazole rings is 1. The average molecular weight is 407 g/mol. The summed E-state index contributed by atoms with van der Waals surface area (Å²) in [6.45, 7) is 7.46. The van der Waals surface area contributed by atoms with Gasteiger partial charge in [-0.3, -0.25) is 9.59 Å². The van der Waals surface area contributed by atoms with Crippen LogP contribution in [0.4, 0.5) is 0 Å². The monoisotopic (exact) mass is 407 g/mol. The highest BCUT2D eigenvalue weighted by atomic mass is 16.5. The number of nitrogens with zero attached hydrogens (tertiary/aromatic N) is 4. The van der Waals surface area contributed by atoms with Crippen LogP contribution in [0.15, 0.2) is 48.8 Å². The summed E-state index contributed by atoms with van der Waals surface area (Å²) in [6, 6.07) is 12.5. The molecular formula is C22H25N5O3. The molecule has 0 aliphatic rings. The van der Waals surface area contributed by atoms with Gasteiger partial charge in [0.2, 0.25) is 0 Å². The Morgan fingerprint density at radius 1 is 1.10 bits per heavy atom. The molecule has 0 aliphatic heterocycles. The van der Waals surface area contributed by atoms with E-state index >= 15 is 0 Å². The molecule has 1 unspecified atom stereocenters. The smallest absolute Gasteiger partial charge is 0.308 e. The molecule has 30 heavy (non-hydrogen) atoms. The third-order valence-corrected chi connectivity index (χ3v) is 4.58. The number of carbonyl (C=O) groups is 2. The first-order chi connectivity index (χ1) is 14.3. The molecule has 0 bridgehead atoms. The Hall–Kier alpha value is -3.55. The molecule has 3 aromatic rings. The number of hydrogen-bond acceptors (Lipinski definition) is 6. The van der Waals surface area contributed by atoms with Crippen molar-refractivity contribution in [3.05, 3.63) is 71.0 Å². The van der Waals surface area contributed by atoms with E-state index in [2.05, 4.69) is 20.8 Å². The number of nitrogens with one attached hydrogen (secondary N) is 1. The lowest BCUT2D eigenvalue weighted by Crippen LogP contribution is -2.31. The predicted octanol–water partition coefficient (Wildman–Crippen LogP) is 3.09. The number of esters is 1. The minimum absolute atomic E-state index is 0.0503. The van der Waals surface area contributed by atoms with Crippen LogP contribution in [0.25, 0.3) is 5.69 Å². The minimum atomic E-state index is -0.496. The molecule has 156 valence electrons. The van der Waals surface area contributed by atoms with E-state index in [-0.39, 0.29) is 24.4 Å². The van der Waals surface area contributed by atoms with Gasteiger partial charge in [0, 0.05) is 5.56 Å². The van der Waals surface area contributed by atoms with Gasteiger partial charge in [-0.1, -0.05) is 29.8 Å². The van der Waals surface area contributed by atoms with Gasteiger partial charge in [0.15, 0.2) is 0 Å². The van der Waals surface area contributed by atoms with Gasteiger partial charge in [0.25, 0.3) is 5.91 Å². The van der Waals surface area contributed by atoms with E-state index in [0.29, 0.717) is 5.56 Å². The summed E-state index contributed by atoms with van der Waals surface area (Å²) in [5.74, 6) is -0.634. The second kappa shape index (κ2) is 9.30. The summed E-state index contributed by atoms with van der Waals surface area (Å²) < 4.78 is 6.81. The molecule has 0 fully saturated rings. The maximum atomic E-state index is 12.9. The van der Waals surface area contributed by atoms with Crippen LogP contribution in [0.2, 0.25) is 0 Å². The van der Waals surface area contributed by atoms with Crippen molar-refractivity contribution in [1.29, 1.82) is 0 Å². The quantitative estimate of drug-likeness (QED) is 0.604. The van der Waals surface area contributed by atoms with Gasteiger partial charge in [0.1, 0.15) is 6.33 Å². The zero-order chi connectivity index (χ0) is 21.7. The Morgan fingerprint density at radius 3 is 2.43 bits per heavy atom. The van der Waals surface area contributed by atoms with E-state index in [1.165, 1.54) is 11.0 Å². The Balaban J connectivity index is 1.80. The fourth-order valence-corrected chi connectivity index (χ4v) is 3.10. The van der Waals surface area contributed by atoms with Crippen molar-refractivity contribution in [3.63, 3.8) is 0 Å². The first-order valence-electron chi connectivity index (χ1n) is 9.74. The normalized spacial score (nSPS) is 11.9. The van der Waals surface area contributed by atoms with E-state index < -0.39 is 6.04 Å². The first kappa shape index (κ1) is 21.2. The highest BCUT2D eigenvalue weighted by Gasteiger charge is 2.21. The van der Waals surface area contributed by atoms with E-state index in [1.807, 2.05) is 38.1 Å². The molecule has 3 rings (SSSR count). The fourth-order valence-electron chi connectivity index (χ4n) is 3.10. The lowest BCUT2D eigenvalue weighted by Gasteiger charge is -2.20. The number of benzene rings is 2. The second-order valence-corrected chi connectivity index (χ2v) is 7.44. The van der Waals surface area contributed by atoms with Crippen molar-refractivity contribution in [2.75, 3.05) is 0 Å². The lowest BCUT2D eigenvalue weighted by atomic mass is 10.0. The highest BCUT2D eigenvalue weighted by molar-refractivity contribution is 5.95. The van der Waals surface area contributed by atoms with Crippen LogP contribution in [0.3, 0.4) is 0 Å². The molecule has 0 radical (unpaired) electrons. The molecule has 8 heteroatoms. The third-order valence-electron chi connectivity index (χ3n) is 4.58. The number of rotatable bonds is 7. The molecule has 0 aliphatic carbocycles. The summed E-state index contributed by atoms with van der Waals surface area (Å²) in [5.41, 5.74) is 4.06. The fraction of sp³-hybridized carbons (Fsp3) is 0.318. The first-order valence-corrected chi connectivity index (χ1v) is 9.74. The van der Waals surface area contributed by atoms with Crippen molar-refractivity contribution in [2.24, 2.45) is 0 Å². The van der Waals surface area contributed by atoms with Crippen LogP contribution in [-0.2, 0) is 9.53 Å². The summed E-state index contributed by atoms with van der Waals surface area (Å²) in [6.07, 6.45) is 1.33. The van der Waals surface area contributed by atoms with Crippen molar-refractivity contribution < 1.29 is 14.3 Å². The SMILES string of the molecule is Cc1ccc(C(CC(=O)OC(C)C)NC(=O)c2ccc(-n3cnnn3)c(C)c2)cc1. The molecule has 2 aromatic carbocycles. The van der Waals surface area contributed by atoms with E-state index in [0.717, 1.165) is 22.4 Å². The number of carbonyl (C=O) groups excluding carboxylic acids is 2. The molecule has 8 nitrogen and oxygen atoms in total. The van der Waals surface area contributed by atoms with Crippen molar-refractivity contribution >= 4 is 11.9 Å². The summed E-state index contributed by atoms with van der Waals surface area (Å²) in [5, 5.41) is 14.1. The van der Waals surface area contributed by atoms with Gasteiger partial charge in [-0.05, 0) is 67.4 Å². The second-order valence-electron chi connectivity index (χ2n) is 7.44. The van der Waals surface area contributed by atoms with Gasteiger partial charge in [-0.25, -0.2) is 4.68 Å². The Labute approximate surface area is 175 Å². The maximum absolute atomic E-state index is 12.9. The topological polar surface area (TPSA) is 99.0 Å². The molecule has 0 saturated carbocycles. The molecule has 1 N–H and O–H groups in total. The zero-order valence-electron chi connectivity index (χ0n) is 17.5. The average Bonchev–Trinajstić information content (AvgIpc) is 3.21.